The number of nitrogens with one attached hydrogen (secondary N) is 2. The van der Waals surface area contributed by atoms with Crippen molar-refractivity contribution >= 4 is 73.0 Å². The molecule has 334 valence electrons. The highest BCUT2D eigenvalue weighted by molar-refractivity contribution is 7.99. The van der Waals surface area contributed by atoms with E-state index < -0.39 is 49.9 Å². The average Bonchev–Trinajstić information content (AvgIpc) is 3.27. The molecular weight excluding hydrogens is 871 g/mol. The Morgan fingerprint density at radius 2 is 1.68 bits per heavy atom. The molecular formula is C46H51ClF3N7O4S2. The van der Waals surface area contributed by atoms with Crippen LogP contribution in [-0.4, -0.2) is 106 Å². The van der Waals surface area contributed by atoms with Crippen molar-refractivity contribution in [2.45, 2.75) is 54.1 Å². The summed E-state index contributed by atoms with van der Waals surface area (Å²) in [6.45, 7) is 4.71. The van der Waals surface area contributed by atoms with Crippen LogP contribution < -0.4 is 14.9 Å². The summed E-state index contributed by atoms with van der Waals surface area (Å²) >= 11 is 7.62. The molecule has 7 rings (SSSR count). The van der Waals surface area contributed by atoms with Crippen molar-refractivity contribution in [1.29, 1.82) is 0 Å². The molecule has 11 nitrogen and oxygen atoms in total. The molecule has 0 bridgehead atoms. The van der Waals surface area contributed by atoms with Crippen LogP contribution in [0.2, 0.25) is 5.02 Å². The van der Waals surface area contributed by atoms with Gasteiger partial charge < -0.3 is 19.9 Å². The monoisotopic (exact) mass is 921 g/mol. The number of hydrogen-bond acceptors (Lipinski definition) is 11. The molecule has 0 amide bonds. The Hall–Kier alpha value is -4.87. The van der Waals surface area contributed by atoms with Gasteiger partial charge in [0.15, 0.2) is 5.82 Å². The molecule has 4 aromatic carbocycles. The molecule has 2 aliphatic rings. The molecule has 5 aromatic rings. The van der Waals surface area contributed by atoms with Crippen molar-refractivity contribution in [3.05, 3.63) is 119 Å². The number of aromatic nitrogens is 2. The molecule has 1 unspecified atom stereocenters. The van der Waals surface area contributed by atoms with E-state index in [0.717, 1.165) is 74.3 Å². The van der Waals surface area contributed by atoms with Gasteiger partial charge in [-0.3, -0.25) is 9.62 Å². The third-order valence-corrected chi connectivity index (χ3v) is 14.1. The number of nitrogens with zero attached hydrogens (tertiary/aromatic N) is 5. The number of allylic oxidation sites excluding steroid dienone is 1. The molecule has 1 atom stereocenters. The average molecular weight is 923 g/mol. The molecule has 0 radical (unpaired) electrons. The van der Waals surface area contributed by atoms with Crippen LogP contribution in [0.5, 0.6) is 0 Å². The number of anilines is 3. The van der Waals surface area contributed by atoms with Gasteiger partial charge in [-0.15, -0.1) is 11.8 Å². The number of thioether (sulfide) groups is 1. The first-order valence-electron chi connectivity index (χ1n) is 20.8. The Balaban J connectivity index is 1.10. The van der Waals surface area contributed by atoms with Crippen LogP contribution in [0.25, 0.3) is 16.5 Å². The number of fused-ring (bicyclic) bond motifs is 1. The third-order valence-electron chi connectivity index (χ3n) is 11.4. The number of esters is 1. The fraction of sp³-hybridized carbons (Fsp3) is 0.370. The van der Waals surface area contributed by atoms with Gasteiger partial charge in [-0.1, -0.05) is 47.5 Å². The number of carbonyl (C=O) groups is 1. The minimum atomic E-state index is -5.05. The molecule has 1 saturated heterocycles. The van der Waals surface area contributed by atoms with Gasteiger partial charge in [0, 0.05) is 65.5 Å². The van der Waals surface area contributed by atoms with Crippen molar-refractivity contribution in [3.8, 4) is 0 Å². The van der Waals surface area contributed by atoms with Gasteiger partial charge in [-0.25, -0.2) is 23.2 Å². The molecule has 1 fully saturated rings. The first-order chi connectivity index (χ1) is 30.2. The minimum absolute atomic E-state index is 0.120. The van der Waals surface area contributed by atoms with E-state index in [2.05, 4.69) is 41.9 Å². The molecule has 0 spiro atoms. The van der Waals surface area contributed by atoms with Crippen molar-refractivity contribution in [2.24, 2.45) is 0 Å². The highest BCUT2D eigenvalue weighted by atomic mass is 35.5. The van der Waals surface area contributed by atoms with Crippen LogP contribution in [0.15, 0.2) is 107 Å². The molecule has 1 aliphatic heterocycles. The van der Waals surface area contributed by atoms with E-state index in [1.165, 1.54) is 47.6 Å². The van der Waals surface area contributed by atoms with Gasteiger partial charge >= 0.3 is 12.1 Å². The van der Waals surface area contributed by atoms with Crippen molar-refractivity contribution in [3.63, 3.8) is 0 Å². The zero-order valence-corrected chi connectivity index (χ0v) is 37.8. The maximum atomic E-state index is 15.0. The summed E-state index contributed by atoms with van der Waals surface area (Å²) in [7, 11) is -0.0121. The third kappa shape index (κ3) is 11.6. The maximum absolute atomic E-state index is 15.0. The van der Waals surface area contributed by atoms with Crippen molar-refractivity contribution < 1.29 is 31.1 Å². The van der Waals surface area contributed by atoms with E-state index in [1.807, 2.05) is 73.6 Å². The molecule has 1 aromatic heterocycles. The van der Waals surface area contributed by atoms with Crippen LogP contribution >= 0.6 is 23.4 Å². The SMILES string of the molecule is COC(=O)c1cc(S(=O)(=O)Nc2ncnc3cc(N4CCN(CC5=C(c6ccc(Cl)cc6)CCCC5)CC4)ccc23)cc(C(F)(F)F)c1NC(CCN(C)C)CSc1ccccc1. The summed E-state index contributed by atoms with van der Waals surface area (Å²) in [6.07, 6.45) is 1.09. The zero-order chi connectivity index (χ0) is 44.7. The normalized spacial score (nSPS) is 15.8. The lowest BCUT2D eigenvalue weighted by Crippen LogP contribution is -2.47. The lowest BCUT2D eigenvalue weighted by Gasteiger charge is -2.37. The predicted molar refractivity (Wildman–Crippen MR) is 246 cm³/mol. The highest BCUT2D eigenvalue weighted by Gasteiger charge is 2.39. The van der Waals surface area contributed by atoms with Crippen LogP contribution in [0, 0.1) is 0 Å². The summed E-state index contributed by atoms with van der Waals surface area (Å²) in [5.74, 6) is -0.886. The van der Waals surface area contributed by atoms with E-state index in [4.69, 9.17) is 16.3 Å². The summed E-state index contributed by atoms with van der Waals surface area (Å²) in [6, 6.07) is 23.8. The Labute approximate surface area is 376 Å². The number of hydrogen-bond donors (Lipinski definition) is 2. The lowest BCUT2D eigenvalue weighted by atomic mass is 9.87. The molecule has 0 saturated carbocycles. The number of carbonyl (C=O) groups excluding carboxylic acids is 1. The van der Waals surface area contributed by atoms with Crippen LogP contribution in [0.1, 0.15) is 53.6 Å². The van der Waals surface area contributed by atoms with Gasteiger partial charge in [-0.05, 0) is 118 Å². The predicted octanol–water partition coefficient (Wildman–Crippen LogP) is 9.56. The Kier molecular flexibility index (Phi) is 14.9. The second kappa shape index (κ2) is 20.3. The molecule has 1 aliphatic carbocycles. The smallest absolute Gasteiger partial charge is 0.418 e. The maximum Gasteiger partial charge on any atom is 0.418 e. The molecule has 2 heterocycles. The topological polar surface area (TPSA) is 120 Å². The fourth-order valence-corrected chi connectivity index (χ4v) is 10.2. The fourth-order valence-electron chi connectivity index (χ4n) is 8.04. The Morgan fingerprint density at radius 3 is 2.38 bits per heavy atom. The number of alkyl halides is 3. The lowest BCUT2D eigenvalue weighted by molar-refractivity contribution is -0.137. The van der Waals surface area contributed by atoms with Crippen molar-refractivity contribution in [2.75, 3.05) is 81.2 Å². The van der Waals surface area contributed by atoms with Gasteiger partial charge in [0.2, 0.25) is 0 Å². The summed E-state index contributed by atoms with van der Waals surface area (Å²) in [5, 5.41) is 4.04. The van der Waals surface area contributed by atoms with Crippen LogP contribution in [-0.2, 0) is 20.9 Å². The van der Waals surface area contributed by atoms with Crippen LogP contribution in [0.3, 0.4) is 0 Å². The second-order valence-electron chi connectivity index (χ2n) is 16.0. The largest absolute Gasteiger partial charge is 0.465 e. The summed E-state index contributed by atoms with van der Waals surface area (Å²) in [4.78, 5) is 28.6. The number of methoxy groups -OCH3 is 1. The Bertz CT molecular complexity index is 2540. The minimum Gasteiger partial charge on any atom is -0.465 e. The quantitative estimate of drug-likeness (QED) is 0.0728. The van der Waals surface area contributed by atoms with Crippen molar-refractivity contribution in [1.82, 2.24) is 19.8 Å². The standard InChI is InChI=1S/C46H51ClF3N7O4S2/c1-55(2)20-19-34(29-62-36-10-5-4-6-11-36)53-43-40(45(58)61-3)26-37(27-41(43)46(48,49)50)63(59,60)54-44-39-18-17-35(25-42(39)51-30-52-44)57-23-21-56(22-24-57)28-32-9-7-8-12-38(32)31-13-15-33(47)16-14-31/h4-6,10-11,13-18,25-27,30,34,53H,7-9,12,19-24,28-29H2,1-3H3,(H,51,52,54). The van der Waals surface area contributed by atoms with E-state index in [9.17, 15) is 26.4 Å². The van der Waals surface area contributed by atoms with E-state index in [1.54, 1.807) is 6.07 Å². The number of piperazine rings is 1. The van der Waals surface area contributed by atoms with Crippen LogP contribution in [0.4, 0.5) is 30.4 Å². The summed E-state index contributed by atoms with van der Waals surface area (Å²) < 4.78 is 80.2. The highest BCUT2D eigenvalue weighted by Crippen LogP contribution is 2.41. The van der Waals surface area contributed by atoms with Gasteiger partial charge in [0.05, 0.1) is 34.3 Å². The molecule has 2 N–H and O–H groups in total. The number of rotatable bonds is 16. The Morgan fingerprint density at radius 1 is 0.952 bits per heavy atom. The van der Waals surface area contributed by atoms with E-state index in [0.29, 0.717) is 35.7 Å². The van der Waals surface area contributed by atoms with Gasteiger partial charge in [0.1, 0.15) is 6.33 Å². The second-order valence-corrected chi connectivity index (χ2v) is 19.2. The van der Waals surface area contributed by atoms with Gasteiger partial charge in [-0.2, -0.15) is 13.2 Å². The number of halogens is 4. The zero-order valence-electron chi connectivity index (χ0n) is 35.4. The van der Waals surface area contributed by atoms with E-state index in [-0.39, 0.29) is 5.82 Å². The number of ether oxygens (including phenoxy) is 1. The van der Waals surface area contributed by atoms with E-state index >= 15 is 0 Å². The first kappa shape index (κ1) is 46.1. The molecule has 17 heteroatoms. The summed E-state index contributed by atoms with van der Waals surface area (Å²) in [5.41, 5.74) is 3.06. The molecule has 63 heavy (non-hydrogen) atoms. The number of benzene rings is 4. The number of sulfonamides is 1. The first-order valence-corrected chi connectivity index (χ1v) is 23.7. The van der Waals surface area contributed by atoms with Gasteiger partial charge in [0.25, 0.3) is 10.0 Å².